The molecule has 0 spiro atoms. The molecule has 0 aliphatic heterocycles. The second-order valence-corrected chi connectivity index (χ2v) is 2.38. The summed E-state index contributed by atoms with van der Waals surface area (Å²) in [7, 11) is 0. The van der Waals surface area contributed by atoms with E-state index in [1.165, 1.54) is 0 Å². The second kappa shape index (κ2) is 1.90. The van der Waals surface area contributed by atoms with Crippen molar-refractivity contribution in [2.24, 2.45) is 0 Å². The molecule has 1 unspecified atom stereocenters. The number of hydrogen-bond acceptors (Lipinski definition) is 1. The highest BCUT2D eigenvalue weighted by atomic mass is 32.2. The zero-order valence-corrected chi connectivity index (χ0v) is 4.57. The molecular weight excluding hydrogens is 114 g/mol. The first kappa shape index (κ1) is 5.21. The molecule has 1 fully saturated rings. The van der Waals surface area contributed by atoms with Gasteiger partial charge in [-0.15, -0.1) is 0 Å². The van der Waals surface area contributed by atoms with Gasteiger partial charge in [-0.2, -0.15) is 0 Å². The van der Waals surface area contributed by atoms with E-state index in [1.807, 2.05) is 0 Å². The highest BCUT2D eigenvalue weighted by molar-refractivity contribution is 7.77. The molecule has 0 amide bonds. The molecule has 0 aromatic rings. The van der Waals surface area contributed by atoms with Crippen LogP contribution in [0.15, 0.2) is 0 Å². The van der Waals surface area contributed by atoms with Crippen molar-refractivity contribution >= 4 is 11.3 Å². The van der Waals surface area contributed by atoms with Gasteiger partial charge in [0.1, 0.15) is 0 Å². The van der Waals surface area contributed by atoms with Crippen LogP contribution >= 0.6 is 0 Å². The minimum atomic E-state index is -1.78. The molecule has 0 aromatic carbocycles. The van der Waals surface area contributed by atoms with Gasteiger partial charge in [0, 0.05) is 6.04 Å². The fraction of sp³-hybridized carbons (Fsp3) is 1.00. The maximum absolute atomic E-state index is 9.85. The normalized spacial score (nSPS) is 24.7. The predicted octanol–water partition coefficient (Wildman–Crippen LogP) is -0.125. The van der Waals surface area contributed by atoms with E-state index in [2.05, 4.69) is 4.72 Å². The molecule has 7 heavy (non-hydrogen) atoms. The first-order chi connectivity index (χ1) is 3.29. The average molecular weight is 121 g/mol. The van der Waals surface area contributed by atoms with Crippen molar-refractivity contribution < 1.29 is 8.76 Å². The van der Waals surface area contributed by atoms with Gasteiger partial charge in [0.25, 0.3) is 0 Å². The molecule has 0 aromatic heterocycles. The minimum Gasteiger partial charge on any atom is -0.294 e. The Labute approximate surface area is 44.5 Å². The van der Waals surface area contributed by atoms with Crippen LogP contribution in [0, 0.1) is 0 Å². The molecule has 3 nitrogen and oxygen atoms in total. The van der Waals surface area contributed by atoms with Gasteiger partial charge < -0.3 is 0 Å². The lowest BCUT2D eigenvalue weighted by Gasteiger charge is -1.88. The fourth-order valence-electron chi connectivity index (χ4n) is 0.344. The summed E-state index contributed by atoms with van der Waals surface area (Å²) in [5.74, 6) is 0. The van der Waals surface area contributed by atoms with E-state index in [0.29, 0.717) is 6.04 Å². The highest BCUT2D eigenvalue weighted by Gasteiger charge is 2.22. The minimum absolute atomic E-state index is 0.325. The van der Waals surface area contributed by atoms with Crippen LogP contribution in [-0.2, 0) is 11.3 Å². The van der Waals surface area contributed by atoms with E-state index in [-0.39, 0.29) is 0 Å². The van der Waals surface area contributed by atoms with Crippen molar-refractivity contribution in [2.45, 2.75) is 18.9 Å². The molecule has 1 saturated carbocycles. The zero-order chi connectivity index (χ0) is 5.28. The number of hydrogen-bond donors (Lipinski definition) is 2. The largest absolute Gasteiger partial charge is 0.294 e. The van der Waals surface area contributed by atoms with E-state index < -0.39 is 11.3 Å². The van der Waals surface area contributed by atoms with Crippen molar-refractivity contribution in [3.05, 3.63) is 0 Å². The SMILES string of the molecule is O=S(O)NC1CC1. The van der Waals surface area contributed by atoms with Crippen molar-refractivity contribution in [1.29, 1.82) is 0 Å². The Kier molecular flexibility index (Phi) is 1.41. The fourth-order valence-corrected chi connectivity index (χ4v) is 0.865. The van der Waals surface area contributed by atoms with Crippen LogP contribution in [0.5, 0.6) is 0 Å². The van der Waals surface area contributed by atoms with E-state index in [0.717, 1.165) is 12.8 Å². The van der Waals surface area contributed by atoms with Crippen molar-refractivity contribution in [1.82, 2.24) is 4.72 Å². The summed E-state index contributed by atoms with van der Waals surface area (Å²) in [5.41, 5.74) is 0. The van der Waals surface area contributed by atoms with Gasteiger partial charge in [-0.05, 0) is 12.8 Å². The maximum Gasteiger partial charge on any atom is 0.231 e. The highest BCUT2D eigenvalue weighted by Crippen LogP contribution is 2.18. The van der Waals surface area contributed by atoms with Gasteiger partial charge in [-0.1, -0.05) is 0 Å². The van der Waals surface area contributed by atoms with Crippen LogP contribution in [-0.4, -0.2) is 14.8 Å². The first-order valence-electron chi connectivity index (χ1n) is 2.16. The molecular formula is C3H7NO2S. The molecule has 0 saturated heterocycles. The first-order valence-corrected chi connectivity index (χ1v) is 3.27. The van der Waals surface area contributed by atoms with Gasteiger partial charge in [-0.25, -0.2) is 8.93 Å². The summed E-state index contributed by atoms with van der Waals surface area (Å²) < 4.78 is 20.4. The van der Waals surface area contributed by atoms with E-state index in [9.17, 15) is 4.21 Å². The van der Waals surface area contributed by atoms with Gasteiger partial charge in [0.2, 0.25) is 11.3 Å². The molecule has 1 aliphatic carbocycles. The molecule has 1 rings (SSSR count). The van der Waals surface area contributed by atoms with Crippen LogP contribution in [0.1, 0.15) is 12.8 Å². The van der Waals surface area contributed by atoms with Crippen LogP contribution in [0.25, 0.3) is 0 Å². The van der Waals surface area contributed by atoms with Crippen molar-refractivity contribution in [3.8, 4) is 0 Å². The van der Waals surface area contributed by atoms with Crippen LogP contribution in [0.3, 0.4) is 0 Å². The standard InChI is InChI=1S/C3H7NO2S/c5-7(6)4-3-1-2-3/h3-4H,1-2H2,(H,5,6). The quantitative estimate of drug-likeness (QED) is 0.500. The third-order valence-corrected chi connectivity index (χ3v) is 1.38. The van der Waals surface area contributed by atoms with Crippen LogP contribution in [0.2, 0.25) is 0 Å². The zero-order valence-electron chi connectivity index (χ0n) is 3.76. The Hall–Kier alpha value is 0.0700. The summed E-state index contributed by atoms with van der Waals surface area (Å²) in [6.45, 7) is 0. The molecule has 1 atom stereocenters. The molecule has 0 radical (unpaired) electrons. The van der Waals surface area contributed by atoms with E-state index >= 15 is 0 Å². The lowest BCUT2D eigenvalue weighted by molar-refractivity contribution is 0.548. The molecule has 4 heteroatoms. The van der Waals surface area contributed by atoms with Gasteiger partial charge >= 0.3 is 0 Å². The van der Waals surface area contributed by atoms with Crippen molar-refractivity contribution in [3.63, 3.8) is 0 Å². The maximum atomic E-state index is 9.85. The number of nitrogens with one attached hydrogen (secondary N) is 1. The molecule has 0 heterocycles. The summed E-state index contributed by atoms with van der Waals surface area (Å²) in [6.07, 6.45) is 2.10. The third kappa shape index (κ3) is 2.01. The average Bonchev–Trinajstić information content (AvgIpc) is 2.17. The Morgan fingerprint density at radius 3 is 2.43 bits per heavy atom. The Morgan fingerprint density at radius 1 is 1.71 bits per heavy atom. The summed E-state index contributed by atoms with van der Waals surface area (Å²) in [6, 6.07) is 0.325. The third-order valence-electron chi connectivity index (χ3n) is 0.845. The Bertz CT molecular complexity index is 90.9. The van der Waals surface area contributed by atoms with Crippen molar-refractivity contribution in [2.75, 3.05) is 0 Å². The van der Waals surface area contributed by atoms with Crippen LogP contribution < -0.4 is 4.72 Å². The Balaban J connectivity index is 2.08. The number of rotatable bonds is 2. The molecule has 0 bridgehead atoms. The van der Waals surface area contributed by atoms with Gasteiger partial charge in [0.05, 0.1) is 0 Å². The topological polar surface area (TPSA) is 49.3 Å². The summed E-state index contributed by atoms with van der Waals surface area (Å²) >= 11 is -1.78. The smallest absolute Gasteiger partial charge is 0.231 e. The monoisotopic (exact) mass is 121 g/mol. The molecule has 2 N–H and O–H groups in total. The van der Waals surface area contributed by atoms with Gasteiger partial charge in [0.15, 0.2) is 0 Å². The summed E-state index contributed by atoms with van der Waals surface area (Å²) in [4.78, 5) is 0. The van der Waals surface area contributed by atoms with E-state index in [1.54, 1.807) is 0 Å². The lowest BCUT2D eigenvalue weighted by Crippen LogP contribution is -2.17. The summed E-state index contributed by atoms with van der Waals surface area (Å²) in [5, 5.41) is 0. The predicted molar refractivity (Wildman–Crippen MR) is 26.9 cm³/mol. The Morgan fingerprint density at radius 2 is 2.29 bits per heavy atom. The van der Waals surface area contributed by atoms with Crippen LogP contribution in [0.4, 0.5) is 0 Å². The van der Waals surface area contributed by atoms with E-state index in [4.69, 9.17) is 4.55 Å². The van der Waals surface area contributed by atoms with Gasteiger partial charge in [-0.3, -0.25) is 4.55 Å². The molecule has 42 valence electrons. The lowest BCUT2D eigenvalue weighted by atomic mass is 10.8. The second-order valence-electron chi connectivity index (χ2n) is 1.64. The molecule has 1 aliphatic rings.